The highest BCUT2D eigenvalue weighted by atomic mass is 79.9. The summed E-state index contributed by atoms with van der Waals surface area (Å²) in [5.41, 5.74) is 3.56. The number of halogens is 1. The van der Waals surface area contributed by atoms with E-state index in [-0.39, 0.29) is 23.7 Å². The lowest BCUT2D eigenvalue weighted by Gasteiger charge is -2.32. The van der Waals surface area contributed by atoms with E-state index in [1.807, 2.05) is 32.9 Å². The molecule has 5 nitrogen and oxygen atoms in total. The zero-order valence-electron chi connectivity index (χ0n) is 16.4. The van der Waals surface area contributed by atoms with E-state index in [0.717, 1.165) is 26.8 Å². The van der Waals surface area contributed by atoms with Gasteiger partial charge in [0, 0.05) is 16.4 Å². The van der Waals surface area contributed by atoms with Gasteiger partial charge in [0.05, 0.1) is 17.1 Å². The van der Waals surface area contributed by atoms with Crippen molar-refractivity contribution in [2.24, 2.45) is 5.92 Å². The predicted molar refractivity (Wildman–Crippen MR) is 116 cm³/mol. The molecule has 2 aliphatic heterocycles. The molecule has 0 saturated carbocycles. The van der Waals surface area contributed by atoms with E-state index >= 15 is 0 Å². The normalized spacial score (nSPS) is 24.8. The minimum atomic E-state index is -3.27. The van der Waals surface area contributed by atoms with Gasteiger partial charge in [0.1, 0.15) is 5.75 Å². The fourth-order valence-corrected chi connectivity index (χ4v) is 6.71. The zero-order valence-corrected chi connectivity index (χ0v) is 18.8. The number of allylic oxidation sites excluding steroid dienone is 1. The Morgan fingerprint density at radius 2 is 2.14 bits per heavy atom. The number of aromatic hydroxyl groups is 1. The molecule has 152 valence electrons. The summed E-state index contributed by atoms with van der Waals surface area (Å²) in [4.78, 5) is 0. The van der Waals surface area contributed by atoms with E-state index in [9.17, 15) is 18.5 Å². The molecule has 1 aromatic carbocycles. The SMILES string of the molecule is C/C(=C\c1cc(Br)ccc1O)CC[C@H]1OB(O)C[C@H]2C1=C(C(C)C)CS2(=O)=O. The van der Waals surface area contributed by atoms with Gasteiger partial charge in [-0.15, -0.1) is 0 Å². The van der Waals surface area contributed by atoms with E-state index in [1.54, 1.807) is 12.1 Å². The summed E-state index contributed by atoms with van der Waals surface area (Å²) in [5.74, 6) is 0.405. The molecule has 2 N–H and O–H groups in total. The molecule has 1 aromatic rings. The topological polar surface area (TPSA) is 83.8 Å². The van der Waals surface area contributed by atoms with Crippen LogP contribution in [-0.2, 0) is 14.5 Å². The molecule has 1 saturated heterocycles. The van der Waals surface area contributed by atoms with Crippen LogP contribution in [0.5, 0.6) is 5.75 Å². The third-order valence-electron chi connectivity index (χ3n) is 5.48. The molecule has 0 aliphatic carbocycles. The predicted octanol–water partition coefficient (Wildman–Crippen LogP) is 3.97. The quantitative estimate of drug-likeness (QED) is 0.504. The third-order valence-corrected chi connectivity index (χ3v) is 8.00. The van der Waals surface area contributed by atoms with Crippen LogP contribution in [0.2, 0.25) is 6.32 Å². The summed E-state index contributed by atoms with van der Waals surface area (Å²) in [7, 11) is -4.33. The van der Waals surface area contributed by atoms with Gasteiger partial charge < -0.3 is 14.8 Å². The number of hydrogen-bond donors (Lipinski definition) is 2. The summed E-state index contributed by atoms with van der Waals surface area (Å²) in [5, 5.41) is 19.5. The van der Waals surface area contributed by atoms with Gasteiger partial charge >= 0.3 is 7.12 Å². The first-order valence-corrected chi connectivity index (χ1v) is 12.0. The molecule has 2 atom stereocenters. The largest absolute Gasteiger partial charge is 0.507 e. The molecule has 0 amide bonds. The van der Waals surface area contributed by atoms with Crippen LogP contribution >= 0.6 is 15.9 Å². The smallest absolute Gasteiger partial charge is 0.456 e. The van der Waals surface area contributed by atoms with Crippen LogP contribution in [-0.4, -0.2) is 42.8 Å². The van der Waals surface area contributed by atoms with Gasteiger partial charge in [-0.2, -0.15) is 0 Å². The molecule has 28 heavy (non-hydrogen) atoms. The fraction of sp³-hybridized carbons (Fsp3) is 0.500. The summed E-state index contributed by atoms with van der Waals surface area (Å²) < 4.78 is 31.8. The van der Waals surface area contributed by atoms with E-state index in [1.165, 1.54) is 0 Å². The number of hydrogen-bond acceptors (Lipinski definition) is 5. The summed E-state index contributed by atoms with van der Waals surface area (Å²) in [6, 6.07) is 5.26. The molecular formula is C20H26BBrO5S. The average molecular weight is 469 g/mol. The van der Waals surface area contributed by atoms with Gasteiger partial charge in [-0.1, -0.05) is 41.4 Å². The van der Waals surface area contributed by atoms with Crippen LogP contribution in [0.25, 0.3) is 6.08 Å². The van der Waals surface area contributed by atoms with Gasteiger partial charge in [-0.3, -0.25) is 0 Å². The Bertz CT molecular complexity index is 923. The molecule has 8 heteroatoms. The highest BCUT2D eigenvalue weighted by molar-refractivity contribution is 9.10. The molecule has 0 radical (unpaired) electrons. The Balaban J connectivity index is 1.81. The maximum absolute atomic E-state index is 12.6. The number of sulfone groups is 1. The summed E-state index contributed by atoms with van der Waals surface area (Å²) in [6.45, 7) is 5.98. The van der Waals surface area contributed by atoms with Crippen LogP contribution in [0.3, 0.4) is 0 Å². The highest BCUT2D eigenvalue weighted by Gasteiger charge is 2.48. The second kappa shape index (κ2) is 8.34. The lowest BCUT2D eigenvalue weighted by atomic mass is 9.74. The van der Waals surface area contributed by atoms with Crippen molar-refractivity contribution >= 4 is 39.0 Å². The summed E-state index contributed by atoms with van der Waals surface area (Å²) in [6.07, 6.45) is 2.89. The van der Waals surface area contributed by atoms with Crippen LogP contribution in [0.15, 0.2) is 39.4 Å². The van der Waals surface area contributed by atoms with Crippen molar-refractivity contribution in [2.45, 2.75) is 51.3 Å². The molecule has 1 fully saturated rings. The number of benzene rings is 1. The Morgan fingerprint density at radius 1 is 1.43 bits per heavy atom. The van der Waals surface area contributed by atoms with Gasteiger partial charge in [-0.25, -0.2) is 8.42 Å². The first-order chi connectivity index (χ1) is 13.1. The first-order valence-electron chi connectivity index (χ1n) is 9.52. The highest BCUT2D eigenvalue weighted by Crippen LogP contribution is 2.41. The van der Waals surface area contributed by atoms with Crippen molar-refractivity contribution < 1.29 is 23.2 Å². The van der Waals surface area contributed by atoms with Gasteiger partial charge in [-0.05, 0) is 55.0 Å². The Labute approximate surface area is 175 Å². The Kier molecular flexibility index (Phi) is 6.44. The van der Waals surface area contributed by atoms with Crippen LogP contribution < -0.4 is 0 Å². The molecule has 2 aliphatic rings. The summed E-state index contributed by atoms with van der Waals surface area (Å²) >= 11 is 3.40. The van der Waals surface area contributed by atoms with Crippen molar-refractivity contribution in [3.05, 3.63) is 45.0 Å². The van der Waals surface area contributed by atoms with Crippen LogP contribution in [0, 0.1) is 5.92 Å². The monoisotopic (exact) mass is 468 g/mol. The van der Waals surface area contributed by atoms with Crippen molar-refractivity contribution in [1.29, 1.82) is 0 Å². The fourth-order valence-electron chi connectivity index (χ4n) is 4.05. The molecule has 0 unspecified atom stereocenters. The average Bonchev–Trinajstić information content (AvgIpc) is 2.88. The second-order valence-electron chi connectivity index (χ2n) is 7.98. The first kappa shape index (κ1) is 21.6. The molecule has 0 spiro atoms. The standard InChI is InChI=1S/C20H26BBrO5S/c1-12(2)16-11-28(25,26)19-10-21(24)27-18(20(16)19)7-4-13(3)8-14-9-15(22)5-6-17(14)23/h5-6,8-9,12,18-19,23-24H,4,7,10-11H2,1-3H3/b13-8+/t18-,19+/m1/s1. The van der Waals surface area contributed by atoms with Crippen molar-refractivity contribution in [3.63, 3.8) is 0 Å². The van der Waals surface area contributed by atoms with Gasteiger partial charge in [0.25, 0.3) is 0 Å². The van der Waals surface area contributed by atoms with Crippen molar-refractivity contribution in [2.75, 3.05) is 5.75 Å². The lowest BCUT2D eigenvalue weighted by molar-refractivity contribution is 0.169. The molecule has 0 bridgehead atoms. The third kappa shape index (κ3) is 4.56. The molecule has 0 aromatic heterocycles. The van der Waals surface area contributed by atoms with Crippen LogP contribution in [0.1, 0.15) is 39.2 Å². The van der Waals surface area contributed by atoms with Crippen molar-refractivity contribution in [3.8, 4) is 5.75 Å². The van der Waals surface area contributed by atoms with Gasteiger partial charge in [0.15, 0.2) is 9.84 Å². The minimum Gasteiger partial charge on any atom is -0.507 e. The number of fused-ring (bicyclic) bond motifs is 1. The zero-order chi connectivity index (χ0) is 20.6. The van der Waals surface area contributed by atoms with E-state index in [0.29, 0.717) is 12.8 Å². The molecule has 2 heterocycles. The Hall–Kier alpha value is -1.09. The number of phenolic OH excluding ortho intramolecular Hbond substituents is 1. The van der Waals surface area contributed by atoms with Crippen LogP contribution in [0.4, 0.5) is 0 Å². The minimum absolute atomic E-state index is 0.0674. The Morgan fingerprint density at radius 3 is 2.82 bits per heavy atom. The number of phenols is 1. The maximum Gasteiger partial charge on any atom is 0.456 e. The second-order valence-corrected chi connectivity index (χ2v) is 11.1. The molecule has 3 rings (SSSR count). The van der Waals surface area contributed by atoms with E-state index in [4.69, 9.17) is 4.65 Å². The van der Waals surface area contributed by atoms with E-state index in [2.05, 4.69) is 15.9 Å². The van der Waals surface area contributed by atoms with Gasteiger partial charge in [0.2, 0.25) is 0 Å². The number of rotatable bonds is 5. The molecular weight excluding hydrogens is 443 g/mol. The maximum atomic E-state index is 12.6. The van der Waals surface area contributed by atoms with Crippen molar-refractivity contribution in [1.82, 2.24) is 0 Å². The lowest BCUT2D eigenvalue weighted by Crippen LogP contribution is -2.42. The van der Waals surface area contributed by atoms with E-state index < -0.39 is 28.3 Å².